The molecule has 0 unspecified atom stereocenters. The molecule has 232 valence electrons. The Labute approximate surface area is 297 Å². The fourth-order valence-corrected chi connectivity index (χ4v) is 10.7. The van der Waals surface area contributed by atoms with E-state index in [4.69, 9.17) is 0 Å². The van der Waals surface area contributed by atoms with Gasteiger partial charge in [0.15, 0.2) is 0 Å². The van der Waals surface area contributed by atoms with Gasteiger partial charge in [0, 0.05) is 30.9 Å². The van der Waals surface area contributed by atoms with Crippen LogP contribution in [0.15, 0.2) is 170 Å². The highest BCUT2D eigenvalue weighted by atomic mass is 32.1. The minimum atomic E-state index is 1.24. The summed E-state index contributed by atoms with van der Waals surface area (Å²) in [6.07, 6.45) is 0. The van der Waals surface area contributed by atoms with Gasteiger partial charge in [-0.3, -0.25) is 0 Å². The van der Waals surface area contributed by atoms with Crippen LogP contribution < -0.4 is 0 Å². The van der Waals surface area contributed by atoms with Crippen LogP contribution in [0.25, 0.3) is 106 Å². The SMILES string of the molecule is c1ccc2cc(-c3ccc(-c4ccc5c(c4)sc4c6sc7cc(-c8cccc9ccccc89)ccc7c6c6ccccc6c54)cc3)ccc2c1. The summed E-state index contributed by atoms with van der Waals surface area (Å²) in [4.78, 5) is 0. The van der Waals surface area contributed by atoms with Crippen molar-refractivity contribution in [1.82, 2.24) is 0 Å². The van der Waals surface area contributed by atoms with Crippen LogP contribution in [0, 0.1) is 0 Å². The molecular formula is C48H28S2. The van der Waals surface area contributed by atoms with Crippen LogP contribution in [-0.2, 0) is 0 Å². The lowest BCUT2D eigenvalue weighted by Gasteiger charge is -2.08. The largest absolute Gasteiger partial charge is 0.134 e. The Balaban J connectivity index is 1.06. The summed E-state index contributed by atoms with van der Waals surface area (Å²) in [6.45, 7) is 0. The summed E-state index contributed by atoms with van der Waals surface area (Å²) >= 11 is 3.89. The molecule has 9 aromatic carbocycles. The molecule has 11 rings (SSSR count). The smallest absolute Gasteiger partial charge is 0.0540 e. The van der Waals surface area contributed by atoms with Crippen molar-refractivity contribution in [3.8, 4) is 33.4 Å². The molecule has 0 radical (unpaired) electrons. The highest BCUT2D eigenvalue weighted by Gasteiger charge is 2.19. The van der Waals surface area contributed by atoms with Crippen LogP contribution >= 0.6 is 22.7 Å². The predicted molar refractivity (Wildman–Crippen MR) is 221 cm³/mol. The van der Waals surface area contributed by atoms with Crippen LogP contribution in [-0.4, -0.2) is 0 Å². The van der Waals surface area contributed by atoms with E-state index < -0.39 is 0 Å². The molecule has 0 saturated heterocycles. The minimum absolute atomic E-state index is 1.24. The maximum atomic E-state index is 2.41. The van der Waals surface area contributed by atoms with E-state index >= 15 is 0 Å². The van der Waals surface area contributed by atoms with E-state index in [1.807, 2.05) is 22.7 Å². The predicted octanol–water partition coefficient (Wildman–Crippen LogP) is 14.9. The van der Waals surface area contributed by atoms with E-state index in [1.165, 1.54) is 106 Å². The van der Waals surface area contributed by atoms with E-state index in [9.17, 15) is 0 Å². The lowest BCUT2D eigenvalue weighted by molar-refractivity contribution is 1.62. The van der Waals surface area contributed by atoms with Crippen molar-refractivity contribution >= 4 is 95.3 Å². The molecule has 0 amide bonds. The summed E-state index contributed by atoms with van der Waals surface area (Å²) in [6, 6.07) is 62.8. The van der Waals surface area contributed by atoms with Crippen molar-refractivity contribution in [2.24, 2.45) is 0 Å². The Morgan fingerprint density at radius 2 is 0.760 bits per heavy atom. The standard InChI is InChI=1S/C48H28S2/c1-2-10-33-26-34(21-20-29(33)8-1)30-16-18-31(19-17-30)35-22-24-41-43(27-35)49-47-45(41)39-13-5-6-14-40(39)46-42-25-23-36(28-44(42)50-48(46)47)38-15-7-11-32-9-3-4-12-37(32)38/h1-28H. The first kappa shape index (κ1) is 28.1. The van der Waals surface area contributed by atoms with Crippen molar-refractivity contribution in [1.29, 1.82) is 0 Å². The molecule has 0 aliphatic carbocycles. The van der Waals surface area contributed by atoms with Crippen LogP contribution in [0.1, 0.15) is 0 Å². The molecule has 0 spiro atoms. The third kappa shape index (κ3) is 4.23. The molecule has 0 saturated carbocycles. The first-order chi connectivity index (χ1) is 24.8. The maximum absolute atomic E-state index is 2.41. The second-order valence-corrected chi connectivity index (χ2v) is 15.4. The fourth-order valence-electron chi connectivity index (χ4n) is 8.02. The number of fused-ring (bicyclic) bond motifs is 12. The van der Waals surface area contributed by atoms with Gasteiger partial charge in [-0.1, -0.05) is 152 Å². The van der Waals surface area contributed by atoms with E-state index in [0.29, 0.717) is 0 Å². The molecule has 11 aromatic rings. The summed E-state index contributed by atoms with van der Waals surface area (Å²) in [5.41, 5.74) is 7.55. The monoisotopic (exact) mass is 668 g/mol. The Bertz CT molecular complexity index is 3130. The zero-order valence-corrected chi connectivity index (χ0v) is 28.6. The van der Waals surface area contributed by atoms with Crippen molar-refractivity contribution in [3.05, 3.63) is 170 Å². The van der Waals surface area contributed by atoms with Gasteiger partial charge in [0.1, 0.15) is 0 Å². The number of rotatable bonds is 3. The molecule has 0 aliphatic rings. The van der Waals surface area contributed by atoms with Gasteiger partial charge in [-0.25, -0.2) is 0 Å². The highest BCUT2D eigenvalue weighted by Crippen LogP contribution is 2.50. The quantitative estimate of drug-likeness (QED) is 0.176. The van der Waals surface area contributed by atoms with E-state index in [-0.39, 0.29) is 0 Å². The Morgan fingerprint density at radius 1 is 0.280 bits per heavy atom. The van der Waals surface area contributed by atoms with E-state index in [2.05, 4.69) is 170 Å². The normalized spacial score (nSPS) is 12.0. The third-order valence-electron chi connectivity index (χ3n) is 10.5. The van der Waals surface area contributed by atoms with Gasteiger partial charge in [-0.2, -0.15) is 0 Å². The lowest BCUT2D eigenvalue weighted by atomic mass is 9.95. The first-order valence-corrected chi connectivity index (χ1v) is 18.7. The minimum Gasteiger partial charge on any atom is -0.134 e. The average molecular weight is 669 g/mol. The van der Waals surface area contributed by atoms with Gasteiger partial charge in [0.2, 0.25) is 0 Å². The van der Waals surface area contributed by atoms with Crippen molar-refractivity contribution in [2.75, 3.05) is 0 Å². The lowest BCUT2D eigenvalue weighted by Crippen LogP contribution is -1.82. The molecule has 0 N–H and O–H groups in total. The van der Waals surface area contributed by atoms with Crippen molar-refractivity contribution in [2.45, 2.75) is 0 Å². The summed E-state index contributed by atoms with van der Waals surface area (Å²) in [5, 5.41) is 13.3. The number of hydrogen-bond donors (Lipinski definition) is 0. The van der Waals surface area contributed by atoms with Gasteiger partial charge in [-0.15, -0.1) is 22.7 Å². The fraction of sp³-hybridized carbons (Fsp3) is 0. The molecule has 0 fully saturated rings. The Hall–Kier alpha value is -5.80. The second kappa shape index (κ2) is 10.9. The number of hydrogen-bond acceptors (Lipinski definition) is 2. The third-order valence-corrected chi connectivity index (χ3v) is 12.9. The van der Waals surface area contributed by atoms with Crippen LogP contribution in [0.3, 0.4) is 0 Å². The molecule has 0 atom stereocenters. The summed E-state index contributed by atoms with van der Waals surface area (Å²) < 4.78 is 5.46. The Kier molecular flexibility index (Phi) is 6.09. The molecule has 2 heterocycles. The first-order valence-electron chi connectivity index (χ1n) is 17.1. The van der Waals surface area contributed by atoms with Gasteiger partial charge >= 0.3 is 0 Å². The van der Waals surface area contributed by atoms with Gasteiger partial charge in [0.25, 0.3) is 0 Å². The van der Waals surface area contributed by atoms with Crippen LogP contribution in [0.5, 0.6) is 0 Å². The second-order valence-electron chi connectivity index (χ2n) is 13.2. The van der Waals surface area contributed by atoms with Gasteiger partial charge in [-0.05, 0) is 83.9 Å². The molecular weight excluding hydrogens is 641 g/mol. The number of benzene rings is 9. The van der Waals surface area contributed by atoms with E-state index in [0.717, 1.165) is 0 Å². The van der Waals surface area contributed by atoms with Gasteiger partial charge < -0.3 is 0 Å². The van der Waals surface area contributed by atoms with E-state index in [1.54, 1.807) is 0 Å². The molecule has 2 heteroatoms. The molecule has 0 aliphatic heterocycles. The van der Waals surface area contributed by atoms with Gasteiger partial charge in [0.05, 0.1) is 9.40 Å². The topological polar surface area (TPSA) is 0 Å². The van der Waals surface area contributed by atoms with Crippen molar-refractivity contribution < 1.29 is 0 Å². The Morgan fingerprint density at radius 3 is 1.44 bits per heavy atom. The molecule has 0 bridgehead atoms. The highest BCUT2D eigenvalue weighted by molar-refractivity contribution is 7.33. The maximum Gasteiger partial charge on any atom is 0.0540 e. The summed E-state index contributed by atoms with van der Waals surface area (Å²) in [5.74, 6) is 0. The number of thiophene rings is 2. The zero-order chi connectivity index (χ0) is 32.8. The zero-order valence-electron chi connectivity index (χ0n) is 27.0. The summed E-state index contributed by atoms with van der Waals surface area (Å²) in [7, 11) is 0. The average Bonchev–Trinajstić information content (AvgIpc) is 3.76. The molecule has 50 heavy (non-hydrogen) atoms. The van der Waals surface area contributed by atoms with Crippen LogP contribution in [0.2, 0.25) is 0 Å². The molecule has 2 aromatic heterocycles. The van der Waals surface area contributed by atoms with Crippen LogP contribution in [0.4, 0.5) is 0 Å². The van der Waals surface area contributed by atoms with Crippen molar-refractivity contribution in [3.63, 3.8) is 0 Å². The molecule has 0 nitrogen and oxygen atoms in total.